The lowest BCUT2D eigenvalue weighted by Crippen LogP contribution is -2.15. The van der Waals surface area contributed by atoms with Crippen LogP contribution in [0.25, 0.3) is 28.2 Å². The number of benzene rings is 4. The molecule has 0 saturated carbocycles. The van der Waals surface area contributed by atoms with Crippen LogP contribution in [0.5, 0.6) is 0 Å². The highest BCUT2D eigenvalue weighted by molar-refractivity contribution is 5.99. The third kappa shape index (κ3) is 5.23. The Morgan fingerprint density at radius 3 is 2.16 bits per heavy atom. The summed E-state index contributed by atoms with van der Waals surface area (Å²) in [6, 6.07) is 32.7. The largest absolute Gasteiger partial charge is 0.451 e. The van der Waals surface area contributed by atoms with Gasteiger partial charge in [0.15, 0.2) is 18.2 Å². The number of rotatable bonds is 7. The van der Waals surface area contributed by atoms with Gasteiger partial charge >= 0.3 is 5.97 Å². The first-order valence-electron chi connectivity index (χ1n) is 12.0. The molecule has 1 aromatic heterocycles. The minimum absolute atomic E-state index is 0.105. The van der Waals surface area contributed by atoms with Crippen molar-refractivity contribution >= 4 is 11.8 Å². The number of ketones is 1. The molecule has 0 fully saturated rings. The number of hydrogen-bond donors (Lipinski definition) is 0. The van der Waals surface area contributed by atoms with Crippen molar-refractivity contribution in [3.05, 3.63) is 126 Å². The van der Waals surface area contributed by atoms with Crippen LogP contribution in [0, 0.1) is 13.8 Å². The normalized spacial score (nSPS) is 10.8. The summed E-state index contributed by atoms with van der Waals surface area (Å²) in [4.78, 5) is 30.1. The van der Waals surface area contributed by atoms with Gasteiger partial charge in [0.05, 0.1) is 5.69 Å². The molecule has 0 spiro atoms. The van der Waals surface area contributed by atoms with Crippen LogP contribution in [-0.2, 0) is 4.74 Å². The highest BCUT2D eigenvalue weighted by Crippen LogP contribution is 2.24. The van der Waals surface area contributed by atoms with Gasteiger partial charge in [0, 0.05) is 11.1 Å². The topological polar surface area (TPSA) is 74.1 Å². The van der Waals surface area contributed by atoms with Gasteiger partial charge in [-0.3, -0.25) is 4.79 Å². The summed E-state index contributed by atoms with van der Waals surface area (Å²) in [7, 11) is 0. The van der Waals surface area contributed by atoms with Gasteiger partial charge < -0.3 is 4.74 Å². The summed E-state index contributed by atoms with van der Waals surface area (Å²) in [6.07, 6.45) is 0. The first-order valence-corrected chi connectivity index (χ1v) is 12.0. The maximum atomic E-state index is 12.9. The Morgan fingerprint density at radius 1 is 0.757 bits per heavy atom. The van der Waals surface area contributed by atoms with Crippen LogP contribution in [0.3, 0.4) is 0 Å². The predicted octanol–water partition coefficient (Wildman–Crippen LogP) is 6.26. The van der Waals surface area contributed by atoms with Crippen LogP contribution in [0.15, 0.2) is 103 Å². The maximum absolute atomic E-state index is 12.9. The second-order valence-corrected chi connectivity index (χ2v) is 8.77. The van der Waals surface area contributed by atoms with Gasteiger partial charge in [-0.1, -0.05) is 96.6 Å². The Morgan fingerprint density at radius 2 is 1.43 bits per heavy atom. The molecule has 5 aromatic rings. The van der Waals surface area contributed by atoms with Crippen molar-refractivity contribution in [2.24, 2.45) is 0 Å². The second-order valence-electron chi connectivity index (χ2n) is 8.77. The molecule has 6 nitrogen and oxygen atoms in total. The van der Waals surface area contributed by atoms with Crippen molar-refractivity contribution in [3.63, 3.8) is 0 Å². The number of esters is 1. The number of aryl methyl sites for hydroxylation is 2. The van der Waals surface area contributed by atoms with Gasteiger partial charge in [0.25, 0.3) is 5.82 Å². The van der Waals surface area contributed by atoms with E-state index in [4.69, 9.17) is 4.74 Å². The molecule has 0 amide bonds. The van der Waals surface area contributed by atoms with Crippen LogP contribution in [-0.4, -0.2) is 33.1 Å². The predicted molar refractivity (Wildman–Crippen MR) is 143 cm³/mol. The number of ether oxygens (including phenoxy) is 1. The second kappa shape index (κ2) is 10.4. The smallest absolute Gasteiger partial charge is 0.378 e. The van der Waals surface area contributed by atoms with E-state index in [2.05, 4.69) is 10.1 Å². The molecule has 0 aliphatic rings. The van der Waals surface area contributed by atoms with Crippen molar-refractivity contribution < 1.29 is 14.3 Å². The number of hydrogen-bond acceptors (Lipinski definition) is 5. The highest BCUT2D eigenvalue weighted by atomic mass is 16.5. The molecule has 6 heteroatoms. The van der Waals surface area contributed by atoms with Gasteiger partial charge in [-0.25, -0.2) is 14.5 Å². The number of aromatic nitrogens is 3. The summed E-state index contributed by atoms with van der Waals surface area (Å²) in [5, 5.41) is 4.46. The van der Waals surface area contributed by atoms with E-state index in [1.165, 1.54) is 0 Å². The molecule has 4 aromatic carbocycles. The van der Waals surface area contributed by atoms with Crippen LogP contribution in [0.4, 0.5) is 0 Å². The lowest BCUT2D eigenvalue weighted by atomic mass is 10.0. The number of carbonyl (C=O) groups excluding carboxylic acids is 2. The van der Waals surface area contributed by atoms with Gasteiger partial charge in [-0.2, -0.15) is 0 Å². The number of carbonyl (C=O) groups is 2. The fourth-order valence-electron chi connectivity index (χ4n) is 4.10. The Labute approximate surface area is 215 Å². The van der Waals surface area contributed by atoms with Gasteiger partial charge in [-0.15, -0.1) is 5.10 Å². The summed E-state index contributed by atoms with van der Waals surface area (Å²) < 4.78 is 6.97. The van der Waals surface area contributed by atoms with E-state index >= 15 is 0 Å². The van der Waals surface area contributed by atoms with E-state index in [1.807, 2.05) is 105 Å². The Balaban J connectivity index is 1.35. The van der Waals surface area contributed by atoms with Crippen LogP contribution in [0.2, 0.25) is 0 Å². The Kier molecular flexibility index (Phi) is 6.72. The third-order valence-corrected chi connectivity index (χ3v) is 6.06. The number of para-hydroxylation sites is 1. The summed E-state index contributed by atoms with van der Waals surface area (Å²) in [5.74, 6) is -0.638. The Bertz CT molecular complexity index is 1570. The van der Waals surface area contributed by atoms with Gasteiger partial charge in [-0.05, 0) is 42.7 Å². The zero-order valence-electron chi connectivity index (χ0n) is 20.6. The van der Waals surface area contributed by atoms with E-state index in [0.717, 1.165) is 33.5 Å². The van der Waals surface area contributed by atoms with E-state index < -0.39 is 12.6 Å². The molecular weight excluding hydrogens is 462 g/mol. The van der Waals surface area contributed by atoms with Crippen molar-refractivity contribution in [1.29, 1.82) is 0 Å². The molecular formula is C31H25N3O3. The van der Waals surface area contributed by atoms with Crippen LogP contribution < -0.4 is 0 Å². The third-order valence-electron chi connectivity index (χ3n) is 6.06. The van der Waals surface area contributed by atoms with E-state index in [9.17, 15) is 9.59 Å². The molecule has 0 atom stereocenters. The van der Waals surface area contributed by atoms with E-state index in [0.29, 0.717) is 11.4 Å². The van der Waals surface area contributed by atoms with Crippen molar-refractivity contribution in [2.75, 3.05) is 6.61 Å². The van der Waals surface area contributed by atoms with Crippen molar-refractivity contribution in [1.82, 2.24) is 14.8 Å². The zero-order chi connectivity index (χ0) is 25.8. The fourth-order valence-corrected chi connectivity index (χ4v) is 4.10. The van der Waals surface area contributed by atoms with Gasteiger partial charge in [0.2, 0.25) is 0 Å². The fraction of sp³-hybridized carbons (Fsp3) is 0.0968. The lowest BCUT2D eigenvalue weighted by Gasteiger charge is -2.09. The standard InChI is InChI=1S/C31H25N3O3/c1-21-9-8-13-26(19-21)30-32-29(33-34(30)27-14-7-6-10-22(27)2)31(36)37-20-28(35)25-17-15-24(16-18-25)23-11-4-3-5-12-23/h3-19H,20H2,1-2H3. The van der Waals surface area contributed by atoms with Gasteiger partial charge in [0.1, 0.15) is 0 Å². The average Bonchev–Trinajstić information content (AvgIpc) is 3.38. The number of nitrogens with zero attached hydrogens (tertiary/aromatic N) is 3. The SMILES string of the molecule is Cc1cccc(-c2nc(C(=O)OCC(=O)c3ccc(-c4ccccc4)cc3)nn2-c2ccccc2C)c1. The van der Waals surface area contributed by atoms with Crippen LogP contribution >= 0.6 is 0 Å². The molecule has 182 valence electrons. The molecule has 0 bridgehead atoms. The molecule has 5 rings (SSSR count). The van der Waals surface area contributed by atoms with Crippen molar-refractivity contribution in [3.8, 4) is 28.2 Å². The monoisotopic (exact) mass is 487 g/mol. The maximum Gasteiger partial charge on any atom is 0.378 e. The summed E-state index contributed by atoms with van der Waals surface area (Å²) in [6.45, 7) is 3.56. The zero-order valence-corrected chi connectivity index (χ0v) is 20.6. The molecule has 0 radical (unpaired) electrons. The van der Waals surface area contributed by atoms with Crippen LogP contribution in [0.1, 0.15) is 32.1 Å². The minimum Gasteiger partial charge on any atom is -0.451 e. The van der Waals surface area contributed by atoms with E-state index in [-0.39, 0.29) is 11.6 Å². The summed E-state index contributed by atoms with van der Waals surface area (Å²) >= 11 is 0. The lowest BCUT2D eigenvalue weighted by molar-refractivity contribution is 0.0462. The first kappa shape index (κ1) is 23.9. The Hall–Kier alpha value is -4.84. The summed E-state index contributed by atoms with van der Waals surface area (Å²) in [5.41, 5.74) is 6.20. The molecule has 0 unspecified atom stereocenters. The first-order chi connectivity index (χ1) is 18.0. The molecule has 0 saturated heterocycles. The highest BCUT2D eigenvalue weighted by Gasteiger charge is 2.22. The molecule has 1 heterocycles. The average molecular weight is 488 g/mol. The van der Waals surface area contributed by atoms with E-state index in [1.54, 1.807) is 16.8 Å². The number of Topliss-reactive ketones (excluding diaryl/α,β-unsaturated/α-hetero) is 1. The molecule has 0 aliphatic heterocycles. The molecule has 37 heavy (non-hydrogen) atoms. The molecule has 0 N–H and O–H groups in total. The van der Waals surface area contributed by atoms with Crippen molar-refractivity contribution in [2.45, 2.75) is 13.8 Å². The quantitative estimate of drug-likeness (QED) is 0.200. The molecule has 0 aliphatic carbocycles. The minimum atomic E-state index is -0.754.